The van der Waals surface area contributed by atoms with Crippen LogP contribution in [0, 0.1) is 0 Å². The van der Waals surface area contributed by atoms with E-state index in [2.05, 4.69) is 0 Å². The minimum absolute atomic E-state index is 0. The molecule has 0 heterocycles. The van der Waals surface area contributed by atoms with Gasteiger partial charge in [0.25, 0.3) is 0 Å². The molecule has 0 N–H and O–H groups in total. The number of hydrogen-bond donors (Lipinski definition) is 0. The van der Waals surface area contributed by atoms with Gasteiger partial charge in [-0.3, -0.25) is 0 Å². The van der Waals surface area contributed by atoms with Crippen LogP contribution >= 0.6 is 50.9 Å². The van der Waals surface area contributed by atoms with E-state index >= 15 is 0 Å². The van der Waals surface area contributed by atoms with Gasteiger partial charge in [-0.05, 0) is 0 Å². The Balaban J connectivity index is -0.000000120. The zero-order chi connectivity index (χ0) is 4.24. The molecule has 0 aromatic rings. The van der Waals surface area contributed by atoms with Crippen molar-refractivity contribution in [1.82, 2.24) is 0 Å². The standard InChI is InChI=1S/C6H12.3BrH/c1-2-4-6-5-3-1;;;/h1-6H2;3*1H. The van der Waals surface area contributed by atoms with E-state index in [4.69, 9.17) is 0 Å². The second-order valence-corrected chi connectivity index (χ2v) is 2.12. The largest absolute Gasteiger partial charge is 0.114 e. The van der Waals surface area contributed by atoms with Gasteiger partial charge in [0.05, 0.1) is 0 Å². The third kappa shape index (κ3) is 9.44. The molecule has 60 valence electrons. The first-order chi connectivity index (χ1) is 3.00. The molecule has 0 atom stereocenters. The number of hydrogen-bond acceptors (Lipinski definition) is 0. The Bertz CT molecular complexity index is 23.8. The third-order valence-electron chi connectivity index (χ3n) is 1.50. The van der Waals surface area contributed by atoms with Crippen LogP contribution in [0.4, 0.5) is 0 Å². The Morgan fingerprint density at radius 2 is 0.444 bits per heavy atom. The molecule has 1 rings (SSSR count). The molecular formula is C6H15Br3. The first-order valence-electron chi connectivity index (χ1n) is 3.00. The van der Waals surface area contributed by atoms with E-state index in [1.807, 2.05) is 0 Å². The van der Waals surface area contributed by atoms with Gasteiger partial charge in [0.1, 0.15) is 0 Å². The van der Waals surface area contributed by atoms with Gasteiger partial charge in [0.2, 0.25) is 0 Å². The molecule has 0 bridgehead atoms. The smallest absolute Gasteiger partial charge is 0.0533 e. The highest BCUT2D eigenvalue weighted by molar-refractivity contribution is 8.93. The molecule has 0 amide bonds. The molecule has 1 fully saturated rings. The highest BCUT2D eigenvalue weighted by atomic mass is 79.9. The average molecular weight is 327 g/mol. The fraction of sp³-hybridized carbons (Fsp3) is 1.00. The summed E-state index contributed by atoms with van der Waals surface area (Å²) in [5, 5.41) is 0. The summed E-state index contributed by atoms with van der Waals surface area (Å²) < 4.78 is 0. The van der Waals surface area contributed by atoms with Crippen LogP contribution in [0.3, 0.4) is 0 Å². The van der Waals surface area contributed by atoms with Crippen molar-refractivity contribution in [2.45, 2.75) is 38.5 Å². The van der Waals surface area contributed by atoms with E-state index < -0.39 is 0 Å². The first-order valence-corrected chi connectivity index (χ1v) is 3.00. The van der Waals surface area contributed by atoms with Crippen LogP contribution in [-0.4, -0.2) is 0 Å². The zero-order valence-electron chi connectivity index (χ0n) is 5.47. The van der Waals surface area contributed by atoms with E-state index in [1.165, 1.54) is 38.5 Å². The molecule has 1 aliphatic carbocycles. The predicted molar refractivity (Wildman–Crippen MR) is 58.7 cm³/mol. The van der Waals surface area contributed by atoms with Gasteiger partial charge in [-0.2, -0.15) is 0 Å². The van der Waals surface area contributed by atoms with Gasteiger partial charge >= 0.3 is 0 Å². The summed E-state index contributed by atoms with van der Waals surface area (Å²) >= 11 is 0. The fourth-order valence-electron chi connectivity index (χ4n) is 1.06. The molecule has 0 nitrogen and oxygen atoms in total. The second-order valence-electron chi connectivity index (χ2n) is 2.12. The molecule has 9 heavy (non-hydrogen) atoms. The average Bonchev–Trinajstić information content (AvgIpc) is 1.72. The van der Waals surface area contributed by atoms with Crippen molar-refractivity contribution in [3.63, 3.8) is 0 Å². The third-order valence-corrected chi connectivity index (χ3v) is 1.50. The Labute approximate surface area is 89.1 Å². The zero-order valence-corrected chi connectivity index (χ0v) is 10.6. The molecule has 0 saturated heterocycles. The van der Waals surface area contributed by atoms with E-state index in [0.717, 1.165) is 0 Å². The van der Waals surface area contributed by atoms with Crippen LogP contribution in [0.15, 0.2) is 0 Å². The van der Waals surface area contributed by atoms with E-state index in [0.29, 0.717) is 0 Å². The van der Waals surface area contributed by atoms with Crippen LogP contribution in [0.25, 0.3) is 0 Å². The van der Waals surface area contributed by atoms with Crippen molar-refractivity contribution < 1.29 is 0 Å². The van der Waals surface area contributed by atoms with E-state index in [-0.39, 0.29) is 50.9 Å². The maximum absolute atomic E-state index is 1.50. The lowest BCUT2D eigenvalue weighted by molar-refractivity contribution is 0.504. The summed E-state index contributed by atoms with van der Waals surface area (Å²) in [5.74, 6) is 0. The Hall–Kier alpha value is 1.44. The lowest BCUT2D eigenvalue weighted by Gasteiger charge is -2.05. The summed E-state index contributed by atoms with van der Waals surface area (Å²) in [5.41, 5.74) is 0. The highest BCUT2D eigenvalue weighted by Gasteiger charge is 1.95. The minimum Gasteiger partial charge on any atom is -0.114 e. The molecule has 1 aliphatic rings. The Morgan fingerprint density at radius 3 is 0.556 bits per heavy atom. The monoisotopic (exact) mass is 324 g/mol. The Kier molecular flexibility index (Phi) is 22.7. The summed E-state index contributed by atoms with van der Waals surface area (Å²) in [6.07, 6.45) is 9.00. The molecule has 0 unspecified atom stereocenters. The van der Waals surface area contributed by atoms with Gasteiger partial charge in [-0.25, -0.2) is 0 Å². The lowest BCUT2D eigenvalue weighted by Crippen LogP contribution is -1.85. The molecule has 0 aliphatic heterocycles. The molecule has 1 saturated carbocycles. The minimum atomic E-state index is 0. The number of rotatable bonds is 0. The topological polar surface area (TPSA) is 0 Å². The SMILES string of the molecule is Br.Br.Br.C1CCCCC1. The first kappa shape index (κ1) is 16.8. The van der Waals surface area contributed by atoms with Crippen molar-refractivity contribution in [1.29, 1.82) is 0 Å². The molecule has 3 heteroatoms. The predicted octanol–water partition coefficient (Wildman–Crippen LogP) is 4.07. The number of halogens is 3. The van der Waals surface area contributed by atoms with Crippen LogP contribution in [0.1, 0.15) is 38.5 Å². The van der Waals surface area contributed by atoms with Crippen LogP contribution in [0.2, 0.25) is 0 Å². The molecular weight excluding hydrogens is 312 g/mol. The van der Waals surface area contributed by atoms with Crippen LogP contribution in [0.5, 0.6) is 0 Å². The second kappa shape index (κ2) is 12.1. The van der Waals surface area contributed by atoms with E-state index in [9.17, 15) is 0 Å². The maximum atomic E-state index is 1.50. The molecule has 0 radical (unpaired) electrons. The fourth-order valence-corrected chi connectivity index (χ4v) is 1.06. The van der Waals surface area contributed by atoms with Crippen molar-refractivity contribution in [2.24, 2.45) is 0 Å². The van der Waals surface area contributed by atoms with Crippen molar-refractivity contribution >= 4 is 50.9 Å². The highest BCUT2D eigenvalue weighted by Crippen LogP contribution is 2.15. The van der Waals surface area contributed by atoms with Crippen molar-refractivity contribution in [3.8, 4) is 0 Å². The molecule has 0 spiro atoms. The van der Waals surface area contributed by atoms with Crippen molar-refractivity contribution in [2.75, 3.05) is 0 Å². The van der Waals surface area contributed by atoms with Gasteiger partial charge in [0.15, 0.2) is 0 Å². The maximum Gasteiger partial charge on any atom is -0.0533 e. The normalized spacial score (nSPS) is 16.0. The van der Waals surface area contributed by atoms with Gasteiger partial charge in [0, 0.05) is 0 Å². The summed E-state index contributed by atoms with van der Waals surface area (Å²) in [4.78, 5) is 0. The summed E-state index contributed by atoms with van der Waals surface area (Å²) in [7, 11) is 0. The summed E-state index contributed by atoms with van der Waals surface area (Å²) in [6.45, 7) is 0. The Morgan fingerprint density at radius 1 is 0.333 bits per heavy atom. The van der Waals surface area contributed by atoms with Crippen LogP contribution in [-0.2, 0) is 0 Å². The molecule has 0 aromatic heterocycles. The van der Waals surface area contributed by atoms with Gasteiger partial charge in [-0.15, -0.1) is 50.9 Å². The molecule has 0 aromatic carbocycles. The van der Waals surface area contributed by atoms with Crippen molar-refractivity contribution in [3.05, 3.63) is 0 Å². The quantitative estimate of drug-likeness (QED) is 0.629. The lowest BCUT2D eigenvalue weighted by atomic mass is 10.0. The van der Waals surface area contributed by atoms with Gasteiger partial charge in [-0.1, -0.05) is 38.5 Å². The van der Waals surface area contributed by atoms with Crippen LogP contribution < -0.4 is 0 Å². The summed E-state index contributed by atoms with van der Waals surface area (Å²) in [6, 6.07) is 0. The van der Waals surface area contributed by atoms with Gasteiger partial charge < -0.3 is 0 Å². The van der Waals surface area contributed by atoms with E-state index in [1.54, 1.807) is 0 Å².